The average Bonchev–Trinajstić information content (AvgIpc) is 2.59. The van der Waals surface area contributed by atoms with Crippen molar-refractivity contribution in [3.63, 3.8) is 0 Å². The van der Waals surface area contributed by atoms with Gasteiger partial charge in [0.2, 0.25) is 0 Å². The van der Waals surface area contributed by atoms with Crippen molar-refractivity contribution in [2.24, 2.45) is 5.92 Å². The summed E-state index contributed by atoms with van der Waals surface area (Å²) in [4.78, 5) is 0. The van der Waals surface area contributed by atoms with Crippen LogP contribution >= 0.6 is 12.2 Å². The summed E-state index contributed by atoms with van der Waals surface area (Å²) in [5, 5.41) is 11.7. The molecule has 0 aliphatic carbocycles. The van der Waals surface area contributed by atoms with Crippen molar-refractivity contribution < 1.29 is 0 Å². The summed E-state index contributed by atoms with van der Waals surface area (Å²) >= 11 is 5.24. The molecule has 2 N–H and O–H groups in total. The van der Waals surface area contributed by atoms with Crippen LogP contribution in [-0.4, -0.2) is 21.4 Å². The fourth-order valence-corrected chi connectivity index (χ4v) is 1.98. The highest BCUT2D eigenvalue weighted by atomic mass is 32.1. The second kappa shape index (κ2) is 6.73. The normalized spacial score (nSPS) is 10.8. The van der Waals surface area contributed by atoms with Crippen molar-refractivity contribution in [3.8, 4) is 0 Å². The van der Waals surface area contributed by atoms with E-state index in [1.807, 2.05) is 11.6 Å². The summed E-state index contributed by atoms with van der Waals surface area (Å²) < 4.78 is 2.02. The van der Waals surface area contributed by atoms with E-state index in [2.05, 4.69) is 43.4 Å². The van der Waals surface area contributed by atoms with Crippen LogP contribution in [0.5, 0.6) is 0 Å². The molecular formula is C13H24N4S. The van der Waals surface area contributed by atoms with Crippen LogP contribution in [0.3, 0.4) is 0 Å². The number of nitrogens with zero attached hydrogens (tertiary/aromatic N) is 2. The molecule has 0 radical (unpaired) electrons. The Kier molecular flexibility index (Phi) is 5.59. The average molecular weight is 268 g/mol. The molecule has 0 unspecified atom stereocenters. The van der Waals surface area contributed by atoms with Gasteiger partial charge in [-0.2, -0.15) is 5.10 Å². The van der Waals surface area contributed by atoms with Gasteiger partial charge in [-0.1, -0.05) is 13.8 Å². The Bertz CT molecular complexity index is 409. The van der Waals surface area contributed by atoms with Crippen LogP contribution in [0.1, 0.15) is 37.7 Å². The van der Waals surface area contributed by atoms with Gasteiger partial charge in [-0.15, -0.1) is 0 Å². The summed E-state index contributed by atoms with van der Waals surface area (Å²) in [5.74, 6) is 0.594. The molecule has 1 aromatic rings. The molecule has 0 saturated heterocycles. The molecule has 0 atom stereocenters. The molecule has 1 aromatic heterocycles. The number of hydrogen-bond donors (Lipinski definition) is 2. The van der Waals surface area contributed by atoms with Gasteiger partial charge in [0, 0.05) is 30.9 Å². The van der Waals surface area contributed by atoms with Gasteiger partial charge in [-0.05, 0) is 38.9 Å². The lowest BCUT2D eigenvalue weighted by molar-refractivity contribution is 0.618. The molecule has 0 bridgehead atoms. The smallest absolute Gasteiger partial charge is 0.166 e. The van der Waals surface area contributed by atoms with Crippen LogP contribution in [0.15, 0.2) is 0 Å². The first-order chi connectivity index (χ1) is 8.45. The molecule has 0 amide bonds. The molecule has 0 aliphatic heterocycles. The number of thiocarbonyl (C=S) groups is 1. The van der Waals surface area contributed by atoms with Crippen LogP contribution in [-0.2, 0) is 13.1 Å². The Morgan fingerprint density at radius 1 is 1.33 bits per heavy atom. The zero-order chi connectivity index (χ0) is 13.7. The van der Waals surface area contributed by atoms with Crippen LogP contribution in [0, 0.1) is 19.8 Å². The zero-order valence-corrected chi connectivity index (χ0v) is 12.8. The van der Waals surface area contributed by atoms with Gasteiger partial charge in [-0.25, -0.2) is 0 Å². The van der Waals surface area contributed by atoms with Crippen molar-refractivity contribution >= 4 is 17.3 Å². The summed E-state index contributed by atoms with van der Waals surface area (Å²) in [5.41, 5.74) is 3.54. The zero-order valence-electron chi connectivity index (χ0n) is 12.0. The summed E-state index contributed by atoms with van der Waals surface area (Å²) in [6, 6.07) is 0. The van der Waals surface area contributed by atoms with Gasteiger partial charge >= 0.3 is 0 Å². The Hall–Kier alpha value is -1.10. The highest BCUT2D eigenvalue weighted by Gasteiger charge is 2.10. The van der Waals surface area contributed by atoms with E-state index >= 15 is 0 Å². The fourth-order valence-electron chi connectivity index (χ4n) is 1.83. The molecule has 0 fully saturated rings. The fraction of sp³-hybridized carbons (Fsp3) is 0.692. The predicted octanol–water partition coefficient (Wildman–Crippen LogP) is 2.14. The number of rotatable bonds is 5. The van der Waals surface area contributed by atoms with Crippen LogP contribution in [0.4, 0.5) is 0 Å². The molecule has 0 aromatic carbocycles. The minimum atomic E-state index is 0.594. The van der Waals surface area contributed by atoms with Crippen molar-refractivity contribution in [3.05, 3.63) is 17.0 Å². The van der Waals surface area contributed by atoms with Crippen molar-refractivity contribution in [2.75, 3.05) is 6.54 Å². The molecule has 4 nitrogen and oxygen atoms in total. The van der Waals surface area contributed by atoms with Crippen molar-refractivity contribution in [1.29, 1.82) is 0 Å². The van der Waals surface area contributed by atoms with E-state index in [1.165, 1.54) is 11.3 Å². The van der Waals surface area contributed by atoms with E-state index in [1.54, 1.807) is 0 Å². The number of aromatic nitrogens is 2. The molecule has 0 saturated carbocycles. The lowest BCUT2D eigenvalue weighted by Gasteiger charge is -2.12. The van der Waals surface area contributed by atoms with Gasteiger partial charge < -0.3 is 10.6 Å². The van der Waals surface area contributed by atoms with E-state index < -0.39 is 0 Å². The number of aryl methyl sites for hydroxylation is 2. The minimum Gasteiger partial charge on any atom is -0.362 e. The van der Waals surface area contributed by atoms with E-state index in [9.17, 15) is 0 Å². The Balaban J connectivity index is 2.53. The van der Waals surface area contributed by atoms with Gasteiger partial charge in [0.1, 0.15) is 0 Å². The van der Waals surface area contributed by atoms with Crippen LogP contribution < -0.4 is 10.6 Å². The molecule has 1 heterocycles. The third-order valence-electron chi connectivity index (χ3n) is 2.93. The highest BCUT2D eigenvalue weighted by Crippen LogP contribution is 2.12. The molecule has 102 valence electrons. The van der Waals surface area contributed by atoms with E-state index in [0.717, 1.165) is 25.3 Å². The standard InChI is InChI=1S/C13H24N4S/c1-6-17-11(5)12(10(4)16-17)8-15-13(18)14-7-9(2)3/h9H,6-8H2,1-5H3,(H2,14,15,18). The van der Waals surface area contributed by atoms with Crippen molar-refractivity contribution in [1.82, 2.24) is 20.4 Å². The molecule has 0 aliphatic rings. The summed E-state index contributed by atoms with van der Waals surface area (Å²) in [6.07, 6.45) is 0. The Labute approximate surface area is 115 Å². The third-order valence-corrected chi connectivity index (χ3v) is 3.22. The van der Waals surface area contributed by atoms with Gasteiger partial charge in [0.15, 0.2) is 5.11 Å². The second-order valence-corrected chi connectivity index (χ2v) is 5.33. The number of hydrogen-bond acceptors (Lipinski definition) is 2. The first kappa shape index (κ1) is 15.0. The summed E-state index contributed by atoms with van der Waals surface area (Å²) in [6.45, 7) is 13.1. The largest absolute Gasteiger partial charge is 0.362 e. The molecule has 18 heavy (non-hydrogen) atoms. The molecule has 5 heteroatoms. The lowest BCUT2D eigenvalue weighted by atomic mass is 10.2. The molecular weight excluding hydrogens is 244 g/mol. The third kappa shape index (κ3) is 3.98. The second-order valence-electron chi connectivity index (χ2n) is 4.92. The Morgan fingerprint density at radius 2 is 2.00 bits per heavy atom. The number of nitrogens with one attached hydrogen (secondary N) is 2. The summed E-state index contributed by atoms with van der Waals surface area (Å²) in [7, 11) is 0. The first-order valence-electron chi connectivity index (χ1n) is 6.50. The monoisotopic (exact) mass is 268 g/mol. The maximum atomic E-state index is 5.24. The van der Waals surface area contributed by atoms with Gasteiger partial charge in [0.05, 0.1) is 5.69 Å². The SMILES string of the molecule is CCn1nc(C)c(CNC(=S)NCC(C)C)c1C. The van der Waals surface area contributed by atoms with Gasteiger partial charge in [0.25, 0.3) is 0 Å². The maximum absolute atomic E-state index is 5.24. The topological polar surface area (TPSA) is 41.9 Å². The van der Waals surface area contributed by atoms with E-state index in [-0.39, 0.29) is 0 Å². The predicted molar refractivity (Wildman–Crippen MR) is 79.7 cm³/mol. The molecule has 0 spiro atoms. The van der Waals surface area contributed by atoms with Crippen molar-refractivity contribution in [2.45, 2.75) is 47.7 Å². The van der Waals surface area contributed by atoms with Gasteiger partial charge in [-0.3, -0.25) is 4.68 Å². The lowest BCUT2D eigenvalue weighted by Crippen LogP contribution is -2.36. The Morgan fingerprint density at radius 3 is 2.50 bits per heavy atom. The maximum Gasteiger partial charge on any atom is 0.166 e. The minimum absolute atomic E-state index is 0.594. The van der Waals surface area contributed by atoms with Crippen LogP contribution in [0.2, 0.25) is 0 Å². The van der Waals surface area contributed by atoms with Crippen LogP contribution in [0.25, 0.3) is 0 Å². The molecule has 1 rings (SSSR count). The highest BCUT2D eigenvalue weighted by molar-refractivity contribution is 7.80. The quantitative estimate of drug-likeness (QED) is 0.803. The van der Waals surface area contributed by atoms with E-state index in [4.69, 9.17) is 12.2 Å². The van der Waals surface area contributed by atoms with E-state index in [0.29, 0.717) is 11.0 Å². The first-order valence-corrected chi connectivity index (χ1v) is 6.91.